The minimum absolute atomic E-state index is 0.0877. The van der Waals surface area contributed by atoms with Gasteiger partial charge in [0.2, 0.25) is 5.95 Å². The lowest BCUT2D eigenvalue weighted by Gasteiger charge is -2.40. The van der Waals surface area contributed by atoms with Crippen LogP contribution in [0.5, 0.6) is 5.75 Å². The van der Waals surface area contributed by atoms with Crippen molar-refractivity contribution in [1.82, 2.24) is 29.9 Å². The number of hydrogen-bond acceptors (Lipinski definition) is 9. The molecule has 1 N–H and O–H groups in total. The van der Waals surface area contributed by atoms with E-state index in [1.54, 1.807) is 18.0 Å². The maximum absolute atomic E-state index is 10.5. The first-order valence-corrected chi connectivity index (χ1v) is 11.6. The monoisotopic (exact) mass is 451 g/mol. The predicted molar refractivity (Wildman–Crippen MR) is 122 cm³/mol. The van der Waals surface area contributed by atoms with Crippen LogP contribution in [0.25, 0.3) is 16.9 Å². The molecule has 1 saturated carbocycles. The summed E-state index contributed by atoms with van der Waals surface area (Å²) >= 11 is 0. The molecular weight excluding hydrogens is 422 g/mol. The van der Waals surface area contributed by atoms with E-state index in [1.165, 1.54) is 0 Å². The van der Waals surface area contributed by atoms with Crippen molar-refractivity contribution < 1.29 is 14.3 Å². The van der Waals surface area contributed by atoms with Gasteiger partial charge in [-0.25, -0.2) is 4.98 Å². The third-order valence-corrected chi connectivity index (χ3v) is 6.78. The molecule has 1 saturated heterocycles. The molecular formula is C23H29N7O3. The molecule has 3 aromatic rings. The summed E-state index contributed by atoms with van der Waals surface area (Å²) in [6.45, 7) is 2.59. The lowest BCUT2D eigenvalue weighted by atomic mass is 9.89. The van der Waals surface area contributed by atoms with Gasteiger partial charge in [-0.3, -0.25) is 4.79 Å². The van der Waals surface area contributed by atoms with Crippen molar-refractivity contribution in [3.63, 3.8) is 0 Å². The average molecular weight is 452 g/mol. The van der Waals surface area contributed by atoms with Crippen LogP contribution in [0, 0.1) is 0 Å². The van der Waals surface area contributed by atoms with E-state index in [1.807, 2.05) is 24.3 Å². The Kier molecular flexibility index (Phi) is 6.34. The molecule has 0 radical (unpaired) electrons. The van der Waals surface area contributed by atoms with E-state index in [9.17, 15) is 4.79 Å². The minimum atomic E-state index is 0.0877. The summed E-state index contributed by atoms with van der Waals surface area (Å²) in [5.41, 5.74) is 2.19. The second-order valence-electron chi connectivity index (χ2n) is 8.72. The number of methoxy groups -OCH3 is 1. The fourth-order valence-electron chi connectivity index (χ4n) is 4.92. The van der Waals surface area contributed by atoms with Crippen molar-refractivity contribution in [2.24, 2.45) is 0 Å². The van der Waals surface area contributed by atoms with Crippen molar-refractivity contribution in [1.29, 1.82) is 0 Å². The number of nitrogens with zero attached hydrogens (tertiary/aromatic N) is 6. The number of carbonyl (C=O) groups is 1. The van der Waals surface area contributed by atoms with E-state index in [-0.39, 0.29) is 6.10 Å². The predicted octanol–water partition coefficient (Wildman–Crippen LogP) is 2.58. The van der Waals surface area contributed by atoms with Crippen molar-refractivity contribution in [2.75, 3.05) is 25.5 Å². The first kappa shape index (κ1) is 21.6. The first-order chi connectivity index (χ1) is 16.2. The molecule has 10 heteroatoms. The van der Waals surface area contributed by atoms with E-state index < -0.39 is 0 Å². The summed E-state index contributed by atoms with van der Waals surface area (Å²) in [6.07, 6.45) is 8.11. The maximum atomic E-state index is 10.5. The van der Waals surface area contributed by atoms with E-state index in [2.05, 4.69) is 25.5 Å². The highest BCUT2D eigenvalue weighted by Crippen LogP contribution is 2.28. The van der Waals surface area contributed by atoms with Gasteiger partial charge in [0, 0.05) is 25.2 Å². The molecule has 1 aliphatic heterocycles. The Balaban J connectivity index is 1.20. The van der Waals surface area contributed by atoms with Gasteiger partial charge in [-0.15, -0.1) is 5.10 Å². The Morgan fingerprint density at radius 2 is 1.82 bits per heavy atom. The van der Waals surface area contributed by atoms with E-state index in [0.29, 0.717) is 35.7 Å². The van der Waals surface area contributed by atoms with Gasteiger partial charge in [-0.05, 0) is 62.8 Å². The third kappa shape index (κ3) is 4.75. The molecule has 1 aromatic carbocycles. The van der Waals surface area contributed by atoms with Gasteiger partial charge in [-0.2, -0.15) is 9.67 Å². The summed E-state index contributed by atoms with van der Waals surface area (Å²) in [7, 11) is 1.64. The smallest absolute Gasteiger partial charge is 0.293 e. The molecule has 10 nitrogen and oxygen atoms in total. The molecule has 0 unspecified atom stereocenters. The zero-order chi connectivity index (χ0) is 22.6. The van der Waals surface area contributed by atoms with Gasteiger partial charge >= 0.3 is 0 Å². The molecule has 174 valence electrons. The summed E-state index contributed by atoms with van der Waals surface area (Å²) in [5.74, 6) is 1.39. The number of anilines is 1. The SMILES string of the molecule is COc1ccc(-n2nnc3cnc(NC4CCC(N5CCC(OC=O)CC5)CC4)nc32)cc1. The Hall–Kier alpha value is -3.27. The molecule has 0 spiro atoms. The second-order valence-corrected chi connectivity index (χ2v) is 8.72. The van der Waals surface area contributed by atoms with Crippen molar-refractivity contribution in [2.45, 2.75) is 56.7 Å². The Morgan fingerprint density at radius 1 is 1.06 bits per heavy atom. The number of benzene rings is 1. The number of nitrogens with one attached hydrogen (secondary N) is 1. The zero-order valence-corrected chi connectivity index (χ0v) is 18.8. The standard InChI is InChI=1S/C23H29N7O3/c1-32-19-8-6-18(7-9-19)30-22-21(27-28-30)14-24-23(26-22)25-16-2-4-17(5-3-16)29-12-10-20(11-13-29)33-15-31/h6-9,14-17,20H,2-5,10-13H2,1H3,(H,24,25,26). The lowest BCUT2D eigenvalue weighted by Crippen LogP contribution is -2.46. The van der Waals surface area contributed by atoms with Crippen LogP contribution in [0.4, 0.5) is 5.95 Å². The number of aromatic nitrogens is 5. The highest BCUT2D eigenvalue weighted by molar-refractivity contribution is 5.72. The molecule has 1 aliphatic carbocycles. The normalized spacial score (nSPS) is 22.2. The van der Waals surface area contributed by atoms with Crippen LogP contribution >= 0.6 is 0 Å². The molecule has 33 heavy (non-hydrogen) atoms. The molecule has 2 fully saturated rings. The fraction of sp³-hybridized carbons (Fsp3) is 0.522. The van der Waals surface area contributed by atoms with Crippen LogP contribution in [0.3, 0.4) is 0 Å². The van der Waals surface area contributed by atoms with Crippen molar-refractivity contribution in [3.05, 3.63) is 30.5 Å². The summed E-state index contributed by atoms with van der Waals surface area (Å²) < 4.78 is 12.1. The average Bonchev–Trinajstić information content (AvgIpc) is 3.29. The van der Waals surface area contributed by atoms with Gasteiger partial charge in [0.1, 0.15) is 11.9 Å². The molecule has 3 heterocycles. The van der Waals surface area contributed by atoms with Crippen LogP contribution in [-0.2, 0) is 9.53 Å². The number of ether oxygens (including phenoxy) is 2. The van der Waals surface area contributed by atoms with E-state index in [4.69, 9.17) is 14.5 Å². The Morgan fingerprint density at radius 3 is 2.52 bits per heavy atom. The van der Waals surface area contributed by atoms with Gasteiger partial charge in [0.15, 0.2) is 11.2 Å². The molecule has 2 aromatic heterocycles. The summed E-state index contributed by atoms with van der Waals surface area (Å²) in [4.78, 5) is 22.3. The van der Waals surface area contributed by atoms with Gasteiger partial charge in [-0.1, -0.05) is 5.21 Å². The van der Waals surface area contributed by atoms with Crippen LogP contribution in [0.2, 0.25) is 0 Å². The molecule has 0 bridgehead atoms. The van der Waals surface area contributed by atoms with E-state index >= 15 is 0 Å². The van der Waals surface area contributed by atoms with E-state index in [0.717, 1.165) is 63.1 Å². The third-order valence-electron chi connectivity index (χ3n) is 6.78. The zero-order valence-electron chi connectivity index (χ0n) is 18.8. The number of rotatable bonds is 7. The van der Waals surface area contributed by atoms with Crippen LogP contribution < -0.4 is 10.1 Å². The largest absolute Gasteiger partial charge is 0.497 e. The molecule has 0 amide bonds. The Labute approximate surface area is 192 Å². The number of likely N-dealkylation sites (tertiary alicyclic amines) is 1. The molecule has 2 aliphatic rings. The highest BCUT2D eigenvalue weighted by atomic mass is 16.5. The van der Waals surface area contributed by atoms with Crippen molar-refractivity contribution >= 4 is 23.6 Å². The van der Waals surface area contributed by atoms with Crippen LogP contribution in [-0.4, -0.2) is 74.7 Å². The van der Waals surface area contributed by atoms with Gasteiger partial charge in [0.05, 0.1) is 19.0 Å². The highest BCUT2D eigenvalue weighted by Gasteiger charge is 2.29. The van der Waals surface area contributed by atoms with Gasteiger partial charge in [0.25, 0.3) is 6.47 Å². The number of piperidine rings is 1. The number of fused-ring (bicyclic) bond motifs is 1. The molecule has 5 rings (SSSR count). The second kappa shape index (κ2) is 9.70. The number of hydrogen-bond donors (Lipinski definition) is 1. The topological polar surface area (TPSA) is 107 Å². The number of carbonyl (C=O) groups excluding carboxylic acids is 1. The first-order valence-electron chi connectivity index (χ1n) is 11.6. The van der Waals surface area contributed by atoms with Crippen LogP contribution in [0.15, 0.2) is 30.5 Å². The summed E-state index contributed by atoms with van der Waals surface area (Å²) in [6, 6.07) is 8.58. The Bertz CT molecular complexity index is 1070. The van der Waals surface area contributed by atoms with Crippen LogP contribution in [0.1, 0.15) is 38.5 Å². The summed E-state index contributed by atoms with van der Waals surface area (Å²) in [5, 5.41) is 12.0. The molecule has 0 atom stereocenters. The minimum Gasteiger partial charge on any atom is -0.497 e. The fourth-order valence-corrected chi connectivity index (χ4v) is 4.92. The maximum Gasteiger partial charge on any atom is 0.293 e. The van der Waals surface area contributed by atoms with Gasteiger partial charge < -0.3 is 19.7 Å². The van der Waals surface area contributed by atoms with Crippen molar-refractivity contribution in [3.8, 4) is 11.4 Å². The quantitative estimate of drug-likeness (QED) is 0.542. The lowest BCUT2D eigenvalue weighted by molar-refractivity contribution is -0.135.